The maximum atomic E-state index is 6.22. The number of ether oxygens (including phenoxy) is 2. The largest absolute Gasteiger partial charge is 0.468 e. The zero-order valence-corrected chi connectivity index (χ0v) is 19.8. The van der Waals surface area contributed by atoms with Gasteiger partial charge in [0.1, 0.15) is 5.75 Å². The summed E-state index contributed by atoms with van der Waals surface area (Å²) in [6.45, 7) is 2.75. The van der Waals surface area contributed by atoms with E-state index in [0.717, 1.165) is 23.5 Å². The maximum absolute atomic E-state index is 6.22. The fourth-order valence-corrected chi connectivity index (χ4v) is 7.96. The van der Waals surface area contributed by atoms with Crippen molar-refractivity contribution < 1.29 is 9.47 Å². The second-order valence-corrected chi connectivity index (χ2v) is 11.7. The summed E-state index contributed by atoms with van der Waals surface area (Å²) < 4.78 is 12.2. The first-order chi connectivity index (χ1) is 15.8. The molecule has 3 aromatic rings. The van der Waals surface area contributed by atoms with Crippen LogP contribution in [-0.4, -0.2) is 12.9 Å². The summed E-state index contributed by atoms with van der Waals surface area (Å²) in [5.74, 6) is 3.39. The second kappa shape index (κ2) is 10.1. The summed E-state index contributed by atoms with van der Waals surface area (Å²) >= 11 is 0. The Balaban J connectivity index is 1.23. The first-order valence-electron chi connectivity index (χ1n) is 12.0. The highest BCUT2D eigenvalue weighted by atomic mass is 32.2. The van der Waals surface area contributed by atoms with Gasteiger partial charge in [0.2, 0.25) is 0 Å². The van der Waals surface area contributed by atoms with Crippen molar-refractivity contribution in [2.45, 2.75) is 59.8 Å². The van der Waals surface area contributed by atoms with Crippen molar-refractivity contribution in [2.24, 2.45) is 17.8 Å². The molecule has 3 heteroatoms. The van der Waals surface area contributed by atoms with Crippen LogP contribution in [0.15, 0.2) is 99.6 Å². The Labute approximate surface area is 195 Å². The Morgan fingerprint density at radius 2 is 1.34 bits per heavy atom. The molecule has 2 fully saturated rings. The van der Waals surface area contributed by atoms with Crippen molar-refractivity contribution in [3.63, 3.8) is 0 Å². The molecule has 0 aliphatic heterocycles. The summed E-state index contributed by atoms with van der Waals surface area (Å²) in [5, 5.41) is 0. The quantitative estimate of drug-likeness (QED) is 0.296. The molecule has 2 aliphatic rings. The Morgan fingerprint density at radius 1 is 0.719 bits per heavy atom. The number of thiol groups is 1. The van der Waals surface area contributed by atoms with Crippen LogP contribution < -0.4 is 4.74 Å². The normalized spacial score (nSPS) is 25.2. The van der Waals surface area contributed by atoms with Crippen molar-refractivity contribution in [3.05, 3.63) is 84.9 Å². The highest BCUT2D eigenvalue weighted by Crippen LogP contribution is 2.51. The van der Waals surface area contributed by atoms with Gasteiger partial charge in [-0.2, -0.15) is 10.9 Å². The molecule has 4 atom stereocenters. The zero-order valence-electron chi connectivity index (χ0n) is 18.9. The summed E-state index contributed by atoms with van der Waals surface area (Å²) in [6.07, 6.45) is 6.98. The molecule has 0 aromatic heterocycles. The molecule has 0 N–H and O–H groups in total. The molecule has 2 saturated carbocycles. The van der Waals surface area contributed by atoms with Crippen LogP contribution in [-0.2, 0) is 4.74 Å². The van der Waals surface area contributed by atoms with Gasteiger partial charge in [-0.3, -0.25) is 0 Å². The topological polar surface area (TPSA) is 18.5 Å². The van der Waals surface area contributed by atoms with E-state index in [4.69, 9.17) is 9.47 Å². The standard InChI is InChI=1S/C29H34O2S/c1-22-18-23-12-17-29(24(19-22)20-23)31-21-30-25-13-15-28(16-14-25)32(26-8-4-2-5-9-26)27-10-6-3-7-11-27/h2-11,13-16,22-24,29,32H,12,17-21H2,1H3. The highest BCUT2D eigenvalue weighted by molar-refractivity contribution is 8.17. The third-order valence-corrected chi connectivity index (χ3v) is 9.54. The number of benzene rings is 3. The van der Waals surface area contributed by atoms with Gasteiger partial charge in [0.25, 0.3) is 0 Å². The third kappa shape index (κ3) is 5.05. The summed E-state index contributed by atoms with van der Waals surface area (Å²) in [6, 6.07) is 30.2. The summed E-state index contributed by atoms with van der Waals surface area (Å²) in [7, 11) is -0.579. The smallest absolute Gasteiger partial charge is 0.189 e. The molecule has 4 unspecified atom stereocenters. The third-order valence-electron chi connectivity index (χ3n) is 7.09. The fourth-order valence-electron chi connectivity index (χ4n) is 5.68. The molecule has 0 amide bonds. The van der Waals surface area contributed by atoms with Gasteiger partial charge in [-0.15, -0.1) is 0 Å². The molecular formula is C29H34O2S. The van der Waals surface area contributed by atoms with Crippen molar-refractivity contribution in [1.29, 1.82) is 0 Å². The van der Waals surface area contributed by atoms with E-state index in [2.05, 4.69) is 91.9 Å². The van der Waals surface area contributed by atoms with E-state index in [9.17, 15) is 0 Å². The van der Waals surface area contributed by atoms with Gasteiger partial charge < -0.3 is 9.47 Å². The van der Waals surface area contributed by atoms with Gasteiger partial charge in [0, 0.05) is 0 Å². The Hall–Kier alpha value is -2.23. The lowest BCUT2D eigenvalue weighted by atomic mass is 9.67. The minimum Gasteiger partial charge on any atom is -0.468 e. The van der Waals surface area contributed by atoms with Crippen molar-refractivity contribution >= 4 is 10.9 Å². The van der Waals surface area contributed by atoms with Gasteiger partial charge >= 0.3 is 0 Å². The Kier molecular flexibility index (Phi) is 6.85. The van der Waals surface area contributed by atoms with Crippen LogP contribution >= 0.6 is 10.9 Å². The van der Waals surface area contributed by atoms with E-state index in [1.54, 1.807) is 0 Å². The molecule has 32 heavy (non-hydrogen) atoms. The molecule has 168 valence electrons. The van der Waals surface area contributed by atoms with E-state index in [-0.39, 0.29) is 0 Å². The first kappa shape index (κ1) is 21.6. The minimum atomic E-state index is -0.579. The number of hydrogen-bond acceptors (Lipinski definition) is 2. The number of hydrogen-bond donors (Lipinski definition) is 1. The molecule has 5 rings (SSSR count). The van der Waals surface area contributed by atoms with Gasteiger partial charge in [0.15, 0.2) is 6.79 Å². The van der Waals surface area contributed by atoms with Crippen LogP contribution in [0, 0.1) is 17.8 Å². The van der Waals surface area contributed by atoms with Gasteiger partial charge in [0.05, 0.1) is 6.10 Å². The first-order valence-corrected chi connectivity index (χ1v) is 13.3. The predicted octanol–water partition coefficient (Wildman–Crippen LogP) is 7.73. The van der Waals surface area contributed by atoms with E-state index < -0.39 is 10.9 Å². The van der Waals surface area contributed by atoms with Crippen molar-refractivity contribution in [1.82, 2.24) is 0 Å². The van der Waals surface area contributed by atoms with Crippen LogP contribution in [0.25, 0.3) is 0 Å². The fraction of sp³-hybridized carbons (Fsp3) is 0.379. The molecule has 2 nitrogen and oxygen atoms in total. The molecule has 0 radical (unpaired) electrons. The average molecular weight is 447 g/mol. The van der Waals surface area contributed by atoms with Crippen molar-refractivity contribution in [2.75, 3.05) is 6.79 Å². The van der Waals surface area contributed by atoms with Crippen LogP contribution in [0.5, 0.6) is 5.75 Å². The molecule has 2 bridgehead atoms. The highest BCUT2D eigenvalue weighted by Gasteiger charge is 2.36. The molecule has 2 aliphatic carbocycles. The van der Waals surface area contributed by atoms with Crippen LogP contribution in [0.2, 0.25) is 0 Å². The molecule has 3 aromatic carbocycles. The van der Waals surface area contributed by atoms with Gasteiger partial charge in [-0.25, -0.2) is 0 Å². The zero-order chi connectivity index (χ0) is 21.8. The van der Waals surface area contributed by atoms with Crippen LogP contribution in [0.4, 0.5) is 0 Å². The van der Waals surface area contributed by atoms with Crippen LogP contribution in [0.1, 0.15) is 39.0 Å². The average Bonchev–Trinajstić information content (AvgIpc) is 2.83. The van der Waals surface area contributed by atoms with E-state index in [1.165, 1.54) is 46.8 Å². The Bertz CT molecular complexity index is 932. The van der Waals surface area contributed by atoms with E-state index >= 15 is 0 Å². The van der Waals surface area contributed by atoms with Crippen molar-refractivity contribution in [3.8, 4) is 5.75 Å². The Morgan fingerprint density at radius 3 is 2.00 bits per heavy atom. The van der Waals surface area contributed by atoms with E-state index in [1.807, 2.05) is 0 Å². The van der Waals surface area contributed by atoms with E-state index in [0.29, 0.717) is 12.9 Å². The molecule has 0 saturated heterocycles. The summed E-state index contributed by atoms with van der Waals surface area (Å²) in [5.41, 5.74) is 0. The number of rotatable bonds is 7. The monoisotopic (exact) mass is 446 g/mol. The number of fused-ring (bicyclic) bond motifs is 2. The van der Waals surface area contributed by atoms with Gasteiger partial charge in [-0.1, -0.05) is 43.3 Å². The lowest BCUT2D eigenvalue weighted by Gasteiger charge is -2.42. The second-order valence-electron chi connectivity index (χ2n) is 9.48. The van der Waals surface area contributed by atoms with Gasteiger partial charge in [-0.05, 0) is 113 Å². The lowest BCUT2D eigenvalue weighted by molar-refractivity contribution is -0.0960. The maximum Gasteiger partial charge on any atom is 0.189 e. The molecular weight excluding hydrogens is 412 g/mol. The predicted molar refractivity (Wildman–Crippen MR) is 133 cm³/mol. The lowest BCUT2D eigenvalue weighted by Crippen LogP contribution is -2.37. The summed E-state index contributed by atoms with van der Waals surface area (Å²) in [4.78, 5) is 4.06. The molecule has 0 heterocycles. The minimum absolute atomic E-state index is 0.353. The molecule has 0 spiro atoms. The SMILES string of the molecule is CC1CC2CCC(OCOc3ccc([SH](c4ccccc4)c4ccccc4)cc3)C(C1)C2. The van der Waals surface area contributed by atoms with Crippen LogP contribution in [0.3, 0.4) is 0 Å².